The molecule has 1 saturated heterocycles. The van der Waals surface area contributed by atoms with Crippen molar-refractivity contribution in [2.75, 3.05) is 33.2 Å². The molecule has 1 atom stereocenters. The Morgan fingerprint density at radius 3 is 2.67 bits per heavy atom. The number of halogens is 1. The van der Waals surface area contributed by atoms with Gasteiger partial charge in [-0.05, 0) is 68.0 Å². The molecule has 1 amide bonds. The van der Waals surface area contributed by atoms with E-state index >= 15 is 0 Å². The summed E-state index contributed by atoms with van der Waals surface area (Å²) in [6.07, 6.45) is 3.27. The summed E-state index contributed by atoms with van der Waals surface area (Å²) in [5, 5.41) is 0. The maximum atomic E-state index is 13.0. The smallest absolute Gasteiger partial charge is 0.253 e. The summed E-state index contributed by atoms with van der Waals surface area (Å²) < 4.78 is 13.0. The molecule has 1 heterocycles. The van der Waals surface area contributed by atoms with E-state index in [-0.39, 0.29) is 11.7 Å². The number of nitrogens with zero attached hydrogens (tertiary/aromatic N) is 2. The molecule has 0 radical (unpaired) electrons. The fourth-order valence-electron chi connectivity index (χ4n) is 3.93. The summed E-state index contributed by atoms with van der Waals surface area (Å²) in [6, 6.07) is 14.6. The zero-order valence-electron chi connectivity index (χ0n) is 16.3. The lowest BCUT2D eigenvalue weighted by molar-refractivity contribution is 0.0729. The van der Waals surface area contributed by atoms with Crippen LogP contribution in [0.25, 0.3) is 0 Å². The number of hydrogen-bond donors (Lipinski definition) is 0. The number of aryl methyl sites for hydroxylation is 1. The Labute approximate surface area is 161 Å². The van der Waals surface area contributed by atoms with Gasteiger partial charge >= 0.3 is 0 Å². The molecule has 1 fully saturated rings. The van der Waals surface area contributed by atoms with Gasteiger partial charge in [0.1, 0.15) is 5.82 Å². The van der Waals surface area contributed by atoms with Gasteiger partial charge in [0.25, 0.3) is 5.91 Å². The highest BCUT2D eigenvalue weighted by Crippen LogP contribution is 2.19. The molecular weight excluding hydrogens is 339 g/mol. The molecule has 0 unspecified atom stereocenters. The van der Waals surface area contributed by atoms with Crippen LogP contribution in [0.2, 0.25) is 0 Å². The van der Waals surface area contributed by atoms with E-state index in [1.807, 2.05) is 55.3 Å². The summed E-state index contributed by atoms with van der Waals surface area (Å²) in [4.78, 5) is 17.1. The third kappa shape index (κ3) is 5.39. The van der Waals surface area contributed by atoms with Gasteiger partial charge in [0.05, 0.1) is 0 Å². The van der Waals surface area contributed by atoms with Crippen LogP contribution in [-0.4, -0.2) is 48.9 Å². The van der Waals surface area contributed by atoms with Gasteiger partial charge in [-0.2, -0.15) is 0 Å². The van der Waals surface area contributed by atoms with Crippen LogP contribution >= 0.6 is 0 Å². The first kappa shape index (κ1) is 19.6. The summed E-state index contributed by atoms with van der Waals surface area (Å²) in [5.41, 5.74) is 2.99. The molecule has 27 heavy (non-hydrogen) atoms. The SMILES string of the molecule is Cc1ccccc1C(=O)N(C)C[C@H]1CCCN(CCc2ccc(F)cc2)C1. The van der Waals surface area contributed by atoms with Crippen molar-refractivity contribution in [3.05, 3.63) is 71.0 Å². The summed E-state index contributed by atoms with van der Waals surface area (Å²) >= 11 is 0. The van der Waals surface area contributed by atoms with Crippen LogP contribution in [0.4, 0.5) is 4.39 Å². The van der Waals surface area contributed by atoms with Crippen molar-refractivity contribution >= 4 is 5.91 Å². The average Bonchev–Trinajstić information content (AvgIpc) is 2.68. The van der Waals surface area contributed by atoms with E-state index in [1.165, 1.54) is 30.5 Å². The van der Waals surface area contributed by atoms with Crippen molar-refractivity contribution in [2.45, 2.75) is 26.2 Å². The predicted molar refractivity (Wildman–Crippen MR) is 107 cm³/mol. The highest BCUT2D eigenvalue weighted by atomic mass is 19.1. The van der Waals surface area contributed by atoms with E-state index in [2.05, 4.69) is 4.90 Å². The lowest BCUT2D eigenvalue weighted by Gasteiger charge is -2.35. The van der Waals surface area contributed by atoms with E-state index in [0.717, 1.165) is 43.7 Å². The van der Waals surface area contributed by atoms with Crippen LogP contribution < -0.4 is 0 Å². The number of benzene rings is 2. The molecule has 1 aliphatic rings. The Bertz CT molecular complexity index is 759. The van der Waals surface area contributed by atoms with Crippen molar-refractivity contribution in [3.8, 4) is 0 Å². The summed E-state index contributed by atoms with van der Waals surface area (Å²) in [6.45, 7) is 5.89. The Morgan fingerprint density at radius 1 is 1.19 bits per heavy atom. The molecule has 2 aromatic carbocycles. The minimum absolute atomic E-state index is 0.108. The van der Waals surface area contributed by atoms with Crippen molar-refractivity contribution in [1.29, 1.82) is 0 Å². The number of rotatable bonds is 6. The second-order valence-electron chi connectivity index (χ2n) is 7.69. The van der Waals surface area contributed by atoms with Gasteiger partial charge in [-0.25, -0.2) is 4.39 Å². The van der Waals surface area contributed by atoms with Crippen molar-refractivity contribution < 1.29 is 9.18 Å². The normalized spacial score (nSPS) is 17.7. The van der Waals surface area contributed by atoms with E-state index in [4.69, 9.17) is 0 Å². The van der Waals surface area contributed by atoms with Gasteiger partial charge in [0.2, 0.25) is 0 Å². The fourth-order valence-corrected chi connectivity index (χ4v) is 3.93. The largest absolute Gasteiger partial charge is 0.341 e. The van der Waals surface area contributed by atoms with Crippen molar-refractivity contribution in [2.24, 2.45) is 5.92 Å². The zero-order valence-corrected chi connectivity index (χ0v) is 16.3. The number of likely N-dealkylation sites (tertiary alicyclic amines) is 1. The highest BCUT2D eigenvalue weighted by molar-refractivity contribution is 5.95. The van der Waals surface area contributed by atoms with Gasteiger partial charge < -0.3 is 9.80 Å². The van der Waals surface area contributed by atoms with Crippen LogP contribution in [0, 0.1) is 18.7 Å². The monoisotopic (exact) mass is 368 g/mol. The summed E-state index contributed by atoms with van der Waals surface area (Å²) in [7, 11) is 1.91. The Kier molecular flexibility index (Phi) is 6.62. The first-order valence-corrected chi connectivity index (χ1v) is 9.81. The molecule has 0 spiro atoms. The third-order valence-corrected chi connectivity index (χ3v) is 5.49. The Morgan fingerprint density at radius 2 is 1.93 bits per heavy atom. The Hall–Kier alpha value is -2.20. The second-order valence-corrected chi connectivity index (χ2v) is 7.69. The van der Waals surface area contributed by atoms with Crippen LogP contribution in [0.15, 0.2) is 48.5 Å². The first-order chi connectivity index (χ1) is 13.0. The Balaban J connectivity index is 1.51. The average molecular weight is 368 g/mol. The molecule has 144 valence electrons. The number of piperidine rings is 1. The van der Waals surface area contributed by atoms with E-state index in [1.54, 1.807) is 0 Å². The van der Waals surface area contributed by atoms with E-state index < -0.39 is 0 Å². The summed E-state index contributed by atoms with van der Waals surface area (Å²) in [5.74, 6) is 0.430. The molecular formula is C23H29FN2O. The van der Waals surface area contributed by atoms with Gasteiger partial charge in [0.15, 0.2) is 0 Å². The molecule has 0 aliphatic carbocycles. The number of amides is 1. The van der Waals surface area contributed by atoms with Gasteiger partial charge in [-0.15, -0.1) is 0 Å². The molecule has 4 heteroatoms. The van der Waals surface area contributed by atoms with Gasteiger partial charge in [-0.3, -0.25) is 4.79 Å². The first-order valence-electron chi connectivity index (χ1n) is 9.81. The van der Waals surface area contributed by atoms with Gasteiger partial charge in [-0.1, -0.05) is 30.3 Å². The maximum Gasteiger partial charge on any atom is 0.253 e. The minimum atomic E-state index is -0.182. The highest BCUT2D eigenvalue weighted by Gasteiger charge is 2.23. The van der Waals surface area contributed by atoms with Crippen LogP contribution in [0.1, 0.15) is 34.3 Å². The lowest BCUT2D eigenvalue weighted by atomic mass is 9.96. The quantitative estimate of drug-likeness (QED) is 0.764. The van der Waals surface area contributed by atoms with Crippen molar-refractivity contribution in [3.63, 3.8) is 0 Å². The standard InChI is InChI=1S/C23H29FN2O/c1-18-6-3-4-8-22(18)23(27)25(2)16-20-7-5-14-26(17-20)15-13-19-9-11-21(24)12-10-19/h3-4,6,8-12,20H,5,7,13-17H2,1-2H3/t20-/m1/s1. The molecule has 0 N–H and O–H groups in total. The van der Waals surface area contributed by atoms with E-state index in [9.17, 15) is 9.18 Å². The van der Waals surface area contributed by atoms with E-state index in [0.29, 0.717) is 5.92 Å². The molecule has 1 aliphatic heterocycles. The van der Waals surface area contributed by atoms with Crippen LogP contribution in [0.3, 0.4) is 0 Å². The molecule has 2 aromatic rings. The molecule has 0 bridgehead atoms. The molecule has 0 aromatic heterocycles. The van der Waals surface area contributed by atoms with Crippen LogP contribution in [-0.2, 0) is 6.42 Å². The number of carbonyl (C=O) groups is 1. The predicted octanol–water partition coefficient (Wildman–Crippen LogP) is 4.16. The van der Waals surface area contributed by atoms with Crippen LogP contribution in [0.5, 0.6) is 0 Å². The maximum absolute atomic E-state index is 13.0. The topological polar surface area (TPSA) is 23.6 Å². The minimum Gasteiger partial charge on any atom is -0.341 e. The number of carbonyl (C=O) groups excluding carboxylic acids is 1. The van der Waals surface area contributed by atoms with Crippen molar-refractivity contribution in [1.82, 2.24) is 9.80 Å². The second kappa shape index (κ2) is 9.14. The lowest BCUT2D eigenvalue weighted by Crippen LogP contribution is -2.42. The number of hydrogen-bond acceptors (Lipinski definition) is 2. The molecule has 3 nitrogen and oxygen atoms in total. The van der Waals surface area contributed by atoms with Gasteiger partial charge in [0, 0.05) is 32.2 Å². The molecule has 3 rings (SSSR count). The zero-order chi connectivity index (χ0) is 19.2. The third-order valence-electron chi connectivity index (χ3n) is 5.49. The fraction of sp³-hybridized carbons (Fsp3) is 0.435. The molecule has 0 saturated carbocycles.